The molecule has 3 nitrogen and oxygen atoms in total. The topological polar surface area (TPSA) is 45.1 Å². The normalized spacial score (nSPS) is 13.2. The number of rotatable bonds is 5. The number of aliphatic hydroxyl groups is 1. The lowest BCUT2D eigenvalue weighted by Gasteiger charge is -2.16. The maximum Gasteiger partial charge on any atom is 0.416 e. The molecule has 1 heterocycles. The Hall–Kier alpha value is -2.86. The highest BCUT2D eigenvalue weighted by molar-refractivity contribution is 5.85. The summed E-state index contributed by atoms with van der Waals surface area (Å²) in [5.74, 6) is 0. The molecule has 3 aromatic rings. The predicted molar refractivity (Wildman–Crippen MR) is 98.9 cm³/mol. The van der Waals surface area contributed by atoms with Crippen molar-refractivity contribution in [1.82, 2.24) is 10.3 Å². The number of fused-ring (bicyclic) bond motifs is 1. The molecule has 0 bridgehead atoms. The van der Waals surface area contributed by atoms with Crippen molar-refractivity contribution >= 4 is 10.9 Å². The third-order valence-electron chi connectivity index (χ3n) is 4.32. The highest BCUT2D eigenvalue weighted by Crippen LogP contribution is 2.33. The van der Waals surface area contributed by atoms with Gasteiger partial charge in [-0.3, -0.25) is 4.98 Å². The fourth-order valence-corrected chi connectivity index (χ4v) is 2.95. The molecule has 27 heavy (non-hydrogen) atoms. The van der Waals surface area contributed by atoms with Gasteiger partial charge >= 0.3 is 6.18 Å². The van der Waals surface area contributed by atoms with E-state index in [4.69, 9.17) is 0 Å². The smallest absolute Gasteiger partial charge is 0.387 e. The number of aliphatic hydroxyl groups excluding tert-OH is 1. The number of benzene rings is 2. The molecule has 0 radical (unpaired) electrons. The summed E-state index contributed by atoms with van der Waals surface area (Å²) in [4.78, 5) is 4.39. The first-order valence-electron chi connectivity index (χ1n) is 8.48. The molecule has 0 aliphatic heterocycles. The van der Waals surface area contributed by atoms with Gasteiger partial charge in [0.05, 0.1) is 11.1 Å². The Kier molecular flexibility index (Phi) is 5.46. The third-order valence-corrected chi connectivity index (χ3v) is 4.32. The lowest BCUT2D eigenvalue weighted by Crippen LogP contribution is -2.08. The van der Waals surface area contributed by atoms with Crippen molar-refractivity contribution < 1.29 is 18.3 Å². The van der Waals surface area contributed by atoms with E-state index in [-0.39, 0.29) is 0 Å². The van der Waals surface area contributed by atoms with Crippen LogP contribution in [0.1, 0.15) is 35.3 Å². The van der Waals surface area contributed by atoms with Crippen LogP contribution in [-0.2, 0) is 12.7 Å². The second kappa shape index (κ2) is 7.80. The van der Waals surface area contributed by atoms with Crippen molar-refractivity contribution in [3.05, 3.63) is 89.3 Å². The van der Waals surface area contributed by atoms with Crippen LogP contribution in [0.2, 0.25) is 0 Å². The SMILES string of the molecule is CC=CNCc1ccc(C(O)c2ccc(C(F)(F)F)cc2)c2ncccc12. The Bertz CT molecular complexity index is 950. The molecule has 0 saturated heterocycles. The highest BCUT2D eigenvalue weighted by atomic mass is 19.4. The van der Waals surface area contributed by atoms with E-state index in [1.54, 1.807) is 12.3 Å². The van der Waals surface area contributed by atoms with Crippen LogP contribution in [0.3, 0.4) is 0 Å². The highest BCUT2D eigenvalue weighted by Gasteiger charge is 2.30. The quantitative estimate of drug-likeness (QED) is 0.665. The molecule has 2 N–H and O–H groups in total. The Morgan fingerprint density at radius 1 is 1.11 bits per heavy atom. The minimum Gasteiger partial charge on any atom is -0.387 e. The van der Waals surface area contributed by atoms with Gasteiger partial charge in [-0.05, 0) is 42.4 Å². The number of hydrogen-bond acceptors (Lipinski definition) is 3. The molecule has 1 atom stereocenters. The van der Waals surface area contributed by atoms with Crippen LogP contribution in [0.25, 0.3) is 10.9 Å². The minimum absolute atomic E-state index is 0.384. The van der Waals surface area contributed by atoms with Gasteiger partial charge in [-0.2, -0.15) is 13.2 Å². The van der Waals surface area contributed by atoms with E-state index in [1.165, 1.54) is 12.1 Å². The summed E-state index contributed by atoms with van der Waals surface area (Å²) < 4.78 is 38.2. The van der Waals surface area contributed by atoms with Crippen LogP contribution in [0.4, 0.5) is 13.2 Å². The molecule has 0 spiro atoms. The zero-order valence-corrected chi connectivity index (χ0v) is 14.7. The van der Waals surface area contributed by atoms with Gasteiger partial charge in [0.25, 0.3) is 0 Å². The third kappa shape index (κ3) is 4.11. The van der Waals surface area contributed by atoms with Gasteiger partial charge in [0.1, 0.15) is 6.10 Å². The number of halogens is 3. The maximum absolute atomic E-state index is 12.7. The molecule has 0 aliphatic carbocycles. The fourth-order valence-electron chi connectivity index (χ4n) is 2.95. The molecule has 3 rings (SSSR count). The van der Waals surface area contributed by atoms with Crippen molar-refractivity contribution in [2.45, 2.75) is 25.7 Å². The van der Waals surface area contributed by atoms with Gasteiger partial charge in [-0.15, -0.1) is 0 Å². The summed E-state index contributed by atoms with van der Waals surface area (Å²) in [6.45, 7) is 2.51. The summed E-state index contributed by atoms with van der Waals surface area (Å²) in [6, 6.07) is 11.9. The molecule has 1 aromatic heterocycles. The van der Waals surface area contributed by atoms with E-state index >= 15 is 0 Å². The van der Waals surface area contributed by atoms with Crippen LogP contribution in [0.5, 0.6) is 0 Å². The van der Waals surface area contributed by atoms with Crippen molar-refractivity contribution in [2.24, 2.45) is 0 Å². The lowest BCUT2D eigenvalue weighted by atomic mass is 9.95. The summed E-state index contributed by atoms with van der Waals surface area (Å²) in [5, 5.41) is 14.8. The van der Waals surface area contributed by atoms with E-state index in [9.17, 15) is 18.3 Å². The van der Waals surface area contributed by atoms with Crippen molar-refractivity contribution in [3.8, 4) is 0 Å². The summed E-state index contributed by atoms with van der Waals surface area (Å²) in [5.41, 5.74) is 1.84. The Morgan fingerprint density at radius 2 is 1.85 bits per heavy atom. The first-order valence-corrected chi connectivity index (χ1v) is 8.48. The molecule has 0 fully saturated rings. The van der Waals surface area contributed by atoms with Crippen LogP contribution in [-0.4, -0.2) is 10.1 Å². The van der Waals surface area contributed by atoms with Gasteiger partial charge < -0.3 is 10.4 Å². The monoisotopic (exact) mass is 372 g/mol. The van der Waals surface area contributed by atoms with E-state index < -0.39 is 17.8 Å². The van der Waals surface area contributed by atoms with Crippen LogP contribution >= 0.6 is 0 Å². The second-order valence-electron chi connectivity index (χ2n) is 6.12. The molecule has 0 saturated carbocycles. The van der Waals surface area contributed by atoms with Crippen LogP contribution in [0, 0.1) is 0 Å². The van der Waals surface area contributed by atoms with Crippen LogP contribution < -0.4 is 5.32 Å². The molecule has 2 aromatic carbocycles. The molecule has 6 heteroatoms. The van der Waals surface area contributed by atoms with Crippen molar-refractivity contribution in [2.75, 3.05) is 0 Å². The van der Waals surface area contributed by atoms with E-state index in [0.29, 0.717) is 23.2 Å². The first-order chi connectivity index (χ1) is 12.9. The molecule has 0 amide bonds. The van der Waals surface area contributed by atoms with E-state index in [0.717, 1.165) is 23.1 Å². The molecule has 140 valence electrons. The van der Waals surface area contributed by atoms with E-state index in [2.05, 4.69) is 10.3 Å². The Morgan fingerprint density at radius 3 is 2.52 bits per heavy atom. The average molecular weight is 372 g/mol. The van der Waals surface area contributed by atoms with Gasteiger partial charge in [-0.25, -0.2) is 0 Å². The number of allylic oxidation sites excluding steroid dienone is 1. The average Bonchev–Trinajstić information content (AvgIpc) is 2.67. The largest absolute Gasteiger partial charge is 0.416 e. The number of aromatic nitrogens is 1. The standard InChI is InChI=1S/C21H19F3N2O/c1-2-11-25-13-15-7-10-18(19-17(15)4-3-12-26-19)20(27)14-5-8-16(9-6-14)21(22,23)24/h2-12,20,25,27H,13H2,1H3. The van der Waals surface area contributed by atoms with Gasteiger partial charge in [0, 0.05) is 23.7 Å². The minimum atomic E-state index is -4.40. The number of nitrogens with one attached hydrogen (secondary N) is 1. The number of hydrogen-bond donors (Lipinski definition) is 2. The van der Waals surface area contributed by atoms with Crippen LogP contribution in [0.15, 0.2) is 67.0 Å². The number of alkyl halides is 3. The Labute approximate surface area is 155 Å². The summed E-state index contributed by atoms with van der Waals surface area (Å²) in [7, 11) is 0. The van der Waals surface area contributed by atoms with E-state index in [1.807, 2.05) is 37.4 Å². The van der Waals surface area contributed by atoms with Gasteiger partial charge in [0.2, 0.25) is 0 Å². The van der Waals surface area contributed by atoms with Crippen molar-refractivity contribution in [3.63, 3.8) is 0 Å². The summed E-state index contributed by atoms with van der Waals surface area (Å²) >= 11 is 0. The lowest BCUT2D eigenvalue weighted by molar-refractivity contribution is -0.137. The van der Waals surface area contributed by atoms with Gasteiger partial charge in [-0.1, -0.05) is 36.4 Å². The second-order valence-corrected chi connectivity index (χ2v) is 6.12. The fraction of sp³-hybridized carbons (Fsp3) is 0.190. The number of pyridine rings is 1. The number of nitrogens with zero attached hydrogens (tertiary/aromatic N) is 1. The molecular weight excluding hydrogens is 353 g/mol. The zero-order valence-electron chi connectivity index (χ0n) is 14.7. The zero-order chi connectivity index (χ0) is 19.4. The Balaban J connectivity index is 1.97. The first kappa shape index (κ1) is 18.9. The predicted octanol–water partition coefficient (Wildman–Crippen LogP) is 4.96. The van der Waals surface area contributed by atoms with Gasteiger partial charge in [0.15, 0.2) is 0 Å². The maximum atomic E-state index is 12.7. The molecule has 0 aliphatic rings. The van der Waals surface area contributed by atoms with Crippen molar-refractivity contribution in [1.29, 1.82) is 0 Å². The molecular formula is C21H19F3N2O. The molecule has 1 unspecified atom stereocenters. The summed E-state index contributed by atoms with van der Waals surface area (Å²) in [6.07, 6.45) is -0.105.